The molecule has 1 saturated carbocycles. The molecule has 3 rings (SSSR count). The second kappa shape index (κ2) is 8.67. The van der Waals surface area contributed by atoms with Crippen molar-refractivity contribution in [1.82, 2.24) is 5.32 Å². The average Bonchev–Trinajstić information content (AvgIpc) is 2.67. The molecule has 1 fully saturated rings. The SMILES string of the molecule is O=C(O)C1CCC(NC(COc2ccccc2)c2ccccc2)CC1. The lowest BCUT2D eigenvalue weighted by atomic mass is 9.85. The van der Waals surface area contributed by atoms with Gasteiger partial charge < -0.3 is 15.2 Å². The Balaban J connectivity index is 1.62. The predicted octanol–water partition coefficient (Wildman–Crippen LogP) is 4.04. The molecule has 0 saturated heterocycles. The molecule has 132 valence electrons. The molecule has 0 heterocycles. The molecule has 1 atom stereocenters. The second-order valence-electron chi connectivity index (χ2n) is 6.64. The largest absolute Gasteiger partial charge is 0.492 e. The summed E-state index contributed by atoms with van der Waals surface area (Å²) in [5.41, 5.74) is 1.19. The van der Waals surface area contributed by atoms with E-state index in [9.17, 15) is 4.79 Å². The van der Waals surface area contributed by atoms with E-state index >= 15 is 0 Å². The maximum absolute atomic E-state index is 11.1. The van der Waals surface area contributed by atoms with Crippen molar-refractivity contribution in [3.8, 4) is 5.75 Å². The summed E-state index contributed by atoms with van der Waals surface area (Å²) in [6, 6.07) is 20.5. The molecule has 2 N–H and O–H groups in total. The predicted molar refractivity (Wildman–Crippen MR) is 97.6 cm³/mol. The van der Waals surface area contributed by atoms with E-state index in [1.165, 1.54) is 5.56 Å². The van der Waals surface area contributed by atoms with Crippen LogP contribution in [0.3, 0.4) is 0 Å². The fourth-order valence-electron chi connectivity index (χ4n) is 3.41. The number of hydrogen-bond donors (Lipinski definition) is 2. The van der Waals surface area contributed by atoms with Gasteiger partial charge in [0.05, 0.1) is 12.0 Å². The van der Waals surface area contributed by atoms with Crippen molar-refractivity contribution in [2.24, 2.45) is 5.92 Å². The molecule has 0 aliphatic heterocycles. The number of rotatable bonds is 7. The Morgan fingerprint density at radius 2 is 1.60 bits per heavy atom. The van der Waals surface area contributed by atoms with Crippen LogP contribution in [0.25, 0.3) is 0 Å². The van der Waals surface area contributed by atoms with Crippen LogP contribution in [0.1, 0.15) is 37.3 Å². The zero-order valence-electron chi connectivity index (χ0n) is 14.3. The Hall–Kier alpha value is -2.33. The van der Waals surface area contributed by atoms with Gasteiger partial charge in [0.2, 0.25) is 0 Å². The number of hydrogen-bond acceptors (Lipinski definition) is 3. The number of nitrogens with one attached hydrogen (secondary N) is 1. The molecule has 4 heteroatoms. The third-order valence-electron chi connectivity index (χ3n) is 4.88. The van der Waals surface area contributed by atoms with E-state index in [-0.39, 0.29) is 12.0 Å². The standard InChI is InChI=1S/C21H25NO3/c23-21(24)17-11-13-18(14-12-17)22-20(16-7-3-1-4-8-16)15-25-19-9-5-2-6-10-19/h1-10,17-18,20,22H,11-15H2,(H,23,24). The summed E-state index contributed by atoms with van der Waals surface area (Å²) in [4.78, 5) is 11.1. The Morgan fingerprint density at radius 3 is 2.20 bits per heavy atom. The number of benzene rings is 2. The molecular formula is C21H25NO3. The van der Waals surface area contributed by atoms with Gasteiger partial charge in [-0.15, -0.1) is 0 Å². The monoisotopic (exact) mass is 339 g/mol. The molecule has 1 aliphatic carbocycles. The van der Waals surface area contributed by atoms with Crippen molar-refractivity contribution in [2.75, 3.05) is 6.61 Å². The van der Waals surface area contributed by atoms with Gasteiger partial charge in [0, 0.05) is 6.04 Å². The minimum Gasteiger partial charge on any atom is -0.492 e. The van der Waals surface area contributed by atoms with Crippen LogP contribution >= 0.6 is 0 Å². The average molecular weight is 339 g/mol. The number of para-hydroxylation sites is 1. The first-order valence-corrected chi connectivity index (χ1v) is 8.94. The summed E-state index contributed by atoms with van der Waals surface area (Å²) in [6.07, 6.45) is 3.28. The van der Waals surface area contributed by atoms with Gasteiger partial charge in [0.15, 0.2) is 0 Å². The maximum Gasteiger partial charge on any atom is 0.306 e. The first-order chi connectivity index (χ1) is 12.2. The van der Waals surface area contributed by atoms with Crippen molar-refractivity contribution < 1.29 is 14.6 Å². The Labute approximate surface area is 148 Å². The van der Waals surface area contributed by atoms with Crippen LogP contribution in [0.15, 0.2) is 60.7 Å². The number of carbonyl (C=O) groups is 1. The van der Waals surface area contributed by atoms with Gasteiger partial charge in [-0.1, -0.05) is 48.5 Å². The van der Waals surface area contributed by atoms with Crippen molar-refractivity contribution >= 4 is 5.97 Å². The fraction of sp³-hybridized carbons (Fsp3) is 0.381. The van der Waals surface area contributed by atoms with Gasteiger partial charge >= 0.3 is 5.97 Å². The molecule has 0 bridgehead atoms. The minimum absolute atomic E-state index is 0.0905. The lowest BCUT2D eigenvalue weighted by Gasteiger charge is -2.31. The zero-order chi connectivity index (χ0) is 17.5. The fourth-order valence-corrected chi connectivity index (χ4v) is 3.41. The molecule has 1 aliphatic rings. The van der Waals surface area contributed by atoms with Gasteiger partial charge in [-0.3, -0.25) is 4.79 Å². The van der Waals surface area contributed by atoms with Crippen LogP contribution in [0.2, 0.25) is 0 Å². The van der Waals surface area contributed by atoms with Crippen LogP contribution in [0.5, 0.6) is 5.75 Å². The van der Waals surface area contributed by atoms with E-state index in [2.05, 4.69) is 17.4 Å². The number of carboxylic acid groups (broad SMARTS) is 1. The lowest BCUT2D eigenvalue weighted by molar-refractivity contribution is -0.142. The summed E-state index contributed by atoms with van der Waals surface area (Å²) in [6.45, 7) is 0.548. The van der Waals surface area contributed by atoms with E-state index in [1.807, 2.05) is 48.5 Å². The van der Waals surface area contributed by atoms with E-state index < -0.39 is 5.97 Å². The van der Waals surface area contributed by atoms with Crippen molar-refractivity contribution in [3.63, 3.8) is 0 Å². The molecule has 0 amide bonds. The molecule has 0 spiro atoms. The smallest absolute Gasteiger partial charge is 0.306 e. The van der Waals surface area contributed by atoms with Crippen LogP contribution in [-0.2, 0) is 4.79 Å². The number of aliphatic carboxylic acids is 1. The second-order valence-corrected chi connectivity index (χ2v) is 6.64. The molecule has 0 aromatic heterocycles. The molecule has 2 aromatic rings. The summed E-state index contributed by atoms with van der Waals surface area (Å²) in [7, 11) is 0. The lowest BCUT2D eigenvalue weighted by Crippen LogP contribution is -2.39. The highest BCUT2D eigenvalue weighted by atomic mass is 16.5. The van der Waals surface area contributed by atoms with E-state index in [1.54, 1.807) is 0 Å². The van der Waals surface area contributed by atoms with Crippen LogP contribution < -0.4 is 10.1 Å². The number of ether oxygens (including phenoxy) is 1. The Bertz CT molecular complexity index is 651. The van der Waals surface area contributed by atoms with Crippen molar-refractivity contribution in [2.45, 2.75) is 37.8 Å². The number of carboxylic acids is 1. The van der Waals surface area contributed by atoms with Crippen molar-refractivity contribution in [3.05, 3.63) is 66.2 Å². The molecule has 2 aromatic carbocycles. The summed E-state index contributed by atoms with van der Waals surface area (Å²) >= 11 is 0. The normalized spacial score (nSPS) is 21.4. The van der Waals surface area contributed by atoms with Gasteiger partial charge in [-0.25, -0.2) is 0 Å². The Kier molecular flexibility index (Phi) is 6.07. The van der Waals surface area contributed by atoms with Gasteiger partial charge in [-0.05, 0) is 43.4 Å². The third kappa shape index (κ3) is 5.07. The molecular weight excluding hydrogens is 314 g/mol. The first-order valence-electron chi connectivity index (χ1n) is 8.94. The molecule has 4 nitrogen and oxygen atoms in total. The van der Waals surface area contributed by atoms with Crippen LogP contribution in [0, 0.1) is 5.92 Å². The minimum atomic E-state index is -0.662. The highest BCUT2D eigenvalue weighted by molar-refractivity contribution is 5.70. The summed E-state index contributed by atoms with van der Waals surface area (Å²) < 4.78 is 5.97. The topological polar surface area (TPSA) is 58.6 Å². The molecule has 1 unspecified atom stereocenters. The van der Waals surface area contributed by atoms with Gasteiger partial charge in [0.25, 0.3) is 0 Å². The maximum atomic E-state index is 11.1. The van der Waals surface area contributed by atoms with Crippen LogP contribution in [0.4, 0.5) is 0 Å². The highest BCUT2D eigenvalue weighted by Gasteiger charge is 2.27. The van der Waals surface area contributed by atoms with Gasteiger partial charge in [0.1, 0.15) is 12.4 Å². The molecule has 0 radical (unpaired) electrons. The first kappa shape index (κ1) is 17.5. The van der Waals surface area contributed by atoms with Crippen molar-refractivity contribution in [1.29, 1.82) is 0 Å². The van der Waals surface area contributed by atoms with E-state index in [0.717, 1.165) is 31.4 Å². The highest BCUT2D eigenvalue weighted by Crippen LogP contribution is 2.27. The van der Waals surface area contributed by atoms with Gasteiger partial charge in [-0.2, -0.15) is 0 Å². The summed E-state index contributed by atoms with van der Waals surface area (Å²) in [5.74, 6) is 0.0130. The quantitative estimate of drug-likeness (QED) is 0.799. The molecule has 25 heavy (non-hydrogen) atoms. The van der Waals surface area contributed by atoms with E-state index in [0.29, 0.717) is 12.6 Å². The third-order valence-corrected chi connectivity index (χ3v) is 4.88. The zero-order valence-corrected chi connectivity index (χ0v) is 14.3. The van der Waals surface area contributed by atoms with E-state index in [4.69, 9.17) is 9.84 Å². The van der Waals surface area contributed by atoms with Crippen LogP contribution in [-0.4, -0.2) is 23.7 Å². The Morgan fingerprint density at radius 1 is 1.00 bits per heavy atom. The summed E-state index contributed by atoms with van der Waals surface area (Å²) in [5, 5.41) is 12.8.